The summed E-state index contributed by atoms with van der Waals surface area (Å²) in [5.74, 6) is 1.90. The van der Waals surface area contributed by atoms with Crippen molar-refractivity contribution in [2.45, 2.75) is 12.8 Å². The van der Waals surface area contributed by atoms with E-state index in [4.69, 9.17) is 15.0 Å². The summed E-state index contributed by atoms with van der Waals surface area (Å²) in [4.78, 5) is 19.7. The van der Waals surface area contributed by atoms with Crippen LogP contribution in [0.25, 0.3) is 106 Å². The van der Waals surface area contributed by atoms with E-state index in [0.29, 0.717) is 17.5 Å². The topological polar surface area (TPSA) is 51.6 Å². The maximum absolute atomic E-state index is 5.17. The molecule has 0 saturated heterocycles. The molecule has 0 atom stereocenters. The number of aromatic nitrogens is 4. The molecule has 1 aliphatic carbocycles. The number of pyridine rings is 1. The average Bonchev–Trinajstić information content (AvgIpc) is 3.31. The number of aryl methyl sites for hydroxylation is 1. The van der Waals surface area contributed by atoms with Gasteiger partial charge in [0.25, 0.3) is 0 Å². The minimum absolute atomic E-state index is 0.624. The zero-order valence-corrected chi connectivity index (χ0v) is 31.7. The maximum Gasteiger partial charge on any atom is 0.164 e. The molecule has 2 heterocycles. The Kier molecular flexibility index (Phi) is 8.25. The molecule has 11 rings (SSSR count). The van der Waals surface area contributed by atoms with Crippen molar-refractivity contribution in [3.8, 4) is 67.5 Å². The highest BCUT2D eigenvalue weighted by atomic mass is 15.0. The van der Waals surface area contributed by atoms with Gasteiger partial charge in [-0.15, -0.1) is 0 Å². The monoisotopic (exact) mass is 740 g/mol. The van der Waals surface area contributed by atoms with Gasteiger partial charge in [-0.2, -0.15) is 0 Å². The van der Waals surface area contributed by atoms with Gasteiger partial charge >= 0.3 is 0 Å². The number of hydrogen-bond acceptors (Lipinski definition) is 4. The fourth-order valence-corrected chi connectivity index (χ4v) is 8.63. The molecule has 0 amide bonds. The third-order valence-electron chi connectivity index (χ3n) is 11.4. The minimum atomic E-state index is 0.624. The highest BCUT2D eigenvalue weighted by Gasteiger charge is 2.18. The van der Waals surface area contributed by atoms with Gasteiger partial charge in [0.05, 0.1) is 0 Å². The molecule has 10 aromatic rings. The first kappa shape index (κ1) is 33.8. The summed E-state index contributed by atoms with van der Waals surface area (Å²) < 4.78 is 0. The van der Waals surface area contributed by atoms with Crippen LogP contribution < -0.4 is 0 Å². The molecule has 4 nitrogen and oxygen atoms in total. The molecule has 8 aromatic carbocycles. The van der Waals surface area contributed by atoms with E-state index >= 15 is 0 Å². The molecule has 0 saturated carbocycles. The molecule has 0 bridgehead atoms. The molecule has 0 spiro atoms. The quantitative estimate of drug-likeness (QED) is 0.159. The Bertz CT molecular complexity index is 3160. The Balaban J connectivity index is 1.14. The predicted molar refractivity (Wildman–Crippen MR) is 240 cm³/mol. The SMILES string of the molecule is C1=Cc2c(c3ccccc3c3cc(-c4cc(-c5cccc(-c6cccc7cnccc67)c5)cc(-c5nc(-c6ccccc6)nc(-c6ccccc6)n5)c4)ccc23)CC1. The molecular weight excluding hydrogens is 705 g/mol. The van der Waals surface area contributed by atoms with Crippen LogP contribution in [0.5, 0.6) is 0 Å². The van der Waals surface area contributed by atoms with E-state index in [1.54, 1.807) is 0 Å². The van der Waals surface area contributed by atoms with Gasteiger partial charge in [-0.3, -0.25) is 4.98 Å². The number of benzene rings is 8. The van der Waals surface area contributed by atoms with Crippen LogP contribution in [-0.2, 0) is 6.42 Å². The summed E-state index contributed by atoms with van der Waals surface area (Å²) in [5.41, 5.74) is 12.3. The van der Waals surface area contributed by atoms with E-state index in [0.717, 1.165) is 62.7 Å². The third kappa shape index (κ3) is 6.03. The second-order valence-electron chi connectivity index (χ2n) is 15.0. The smallest absolute Gasteiger partial charge is 0.164 e. The van der Waals surface area contributed by atoms with Gasteiger partial charge in [0, 0.05) is 34.5 Å². The van der Waals surface area contributed by atoms with Gasteiger partial charge in [0.2, 0.25) is 0 Å². The minimum Gasteiger partial charge on any atom is -0.264 e. The number of nitrogens with zero attached hydrogens (tertiary/aromatic N) is 4. The van der Waals surface area contributed by atoms with Crippen LogP contribution >= 0.6 is 0 Å². The fourth-order valence-electron chi connectivity index (χ4n) is 8.63. The van der Waals surface area contributed by atoms with Gasteiger partial charge in [-0.25, -0.2) is 15.0 Å². The lowest BCUT2D eigenvalue weighted by Crippen LogP contribution is -2.00. The lowest BCUT2D eigenvalue weighted by atomic mass is 9.85. The van der Waals surface area contributed by atoms with Gasteiger partial charge in [0.1, 0.15) is 0 Å². The summed E-state index contributed by atoms with van der Waals surface area (Å²) in [7, 11) is 0. The highest BCUT2D eigenvalue weighted by molar-refractivity contribution is 6.14. The number of allylic oxidation sites excluding steroid dienone is 1. The van der Waals surface area contributed by atoms with E-state index in [1.165, 1.54) is 43.6 Å². The van der Waals surface area contributed by atoms with Gasteiger partial charge in [0.15, 0.2) is 17.5 Å². The van der Waals surface area contributed by atoms with Crippen molar-refractivity contribution in [1.29, 1.82) is 0 Å². The van der Waals surface area contributed by atoms with Crippen LogP contribution in [0, 0.1) is 0 Å². The highest BCUT2D eigenvalue weighted by Crippen LogP contribution is 2.41. The van der Waals surface area contributed by atoms with Gasteiger partial charge in [-0.1, -0.05) is 146 Å². The number of rotatable bonds is 6. The normalized spacial score (nSPS) is 12.3. The van der Waals surface area contributed by atoms with Crippen molar-refractivity contribution < 1.29 is 0 Å². The molecule has 1 aliphatic rings. The van der Waals surface area contributed by atoms with E-state index in [1.807, 2.05) is 48.8 Å². The van der Waals surface area contributed by atoms with Gasteiger partial charge in [-0.05, 0) is 121 Å². The first-order valence-corrected chi connectivity index (χ1v) is 19.8. The number of fused-ring (bicyclic) bond motifs is 7. The second kappa shape index (κ2) is 14.2. The van der Waals surface area contributed by atoms with Crippen LogP contribution in [0.2, 0.25) is 0 Å². The molecule has 0 N–H and O–H groups in total. The Morgan fingerprint density at radius 2 is 0.983 bits per heavy atom. The molecule has 58 heavy (non-hydrogen) atoms. The first-order chi connectivity index (χ1) is 28.7. The molecule has 0 unspecified atom stereocenters. The molecule has 2 aromatic heterocycles. The van der Waals surface area contributed by atoms with Crippen molar-refractivity contribution in [2.75, 3.05) is 0 Å². The average molecular weight is 741 g/mol. The van der Waals surface area contributed by atoms with Gasteiger partial charge < -0.3 is 0 Å². The van der Waals surface area contributed by atoms with Crippen molar-refractivity contribution in [2.24, 2.45) is 0 Å². The van der Waals surface area contributed by atoms with Crippen LogP contribution in [0.1, 0.15) is 17.5 Å². The Morgan fingerprint density at radius 3 is 1.74 bits per heavy atom. The largest absolute Gasteiger partial charge is 0.264 e. The van der Waals surface area contributed by atoms with E-state index in [-0.39, 0.29) is 0 Å². The van der Waals surface area contributed by atoms with Crippen LogP contribution in [-0.4, -0.2) is 19.9 Å². The standard InChI is InChI=1S/C54H36N4/c1-3-13-35(14-4-1)52-56-53(36-15-5-2-6-16-36)58-54(57-52)43-31-41(37-17-11-18-39(29-37)44-24-12-19-40-34-55-28-27-45(40)44)30-42(32-43)38-25-26-50-48-22-8-7-20-46(48)47-21-9-10-23-49(47)51(50)33-38/h1-6,8-19,21-34H,7,20H2. The Hall–Kier alpha value is -7.56. The lowest BCUT2D eigenvalue weighted by Gasteiger charge is -2.19. The zero-order valence-electron chi connectivity index (χ0n) is 31.7. The summed E-state index contributed by atoms with van der Waals surface area (Å²) in [6.45, 7) is 0. The molecule has 0 fully saturated rings. The van der Waals surface area contributed by atoms with Crippen LogP contribution in [0.3, 0.4) is 0 Å². The van der Waals surface area contributed by atoms with E-state index < -0.39 is 0 Å². The molecule has 0 radical (unpaired) electrons. The molecular formula is C54H36N4. The predicted octanol–water partition coefficient (Wildman–Crippen LogP) is 13.7. The van der Waals surface area contributed by atoms with Crippen molar-refractivity contribution in [3.05, 3.63) is 199 Å². The Labute approximate surface area is 336 Å². The van der Waals surface area contributed by atoms with Crippen molar-refractivity contribution in [3.63, 3.8) is 0 Å². The third-order valence-corrected chi connectivity index (χ3v) is 11.4. The molecule has 0 aliphatic heterocycles. The Morgan fingerprint density at radius 1 is 0.379 bits per heavy atom. The maximum atomic E-state index is 5.17. The molecule has 4 heteroatoms. The van der Waals surface area contributed by atoms with Crippen LogP contribution in [0.15, 0.2) is 188 Å². The lowest BCUT2D eigenvalue weighted by molar-refractivity contribution is 1.00. The van der Waals surface area contributed by atoms with Crippen LogP contribution in [0.4, 0.5) is 0 Å². The second-order valence-corrected chi connectivity index (χ2v) is 15.0. The number of hydrogen-bond donors (Lipinski definition) is 0. The van der Waals surface area contributed by atoms with Crippen molar-refractivity contribution in [1.82, 2.24) is 19.9 Å². The summed E-state index contributed by atoms with van der Waals surface area (Å²) in [6.07, 6.45) is 10.6. The van der Waals surface area contributed by atoms with Crippen molar-refractivity contribution >= 4 is 38.4 Å². The zero-order chi connectivity index (χ0) is 38.4. The summed E-state index contributed by atoms with van der Waals surface area (Å²) in [6, 6.07) is 60.3. The first-order valence-electron chi connectivity index (χ1n) is 19.8. The summed E-state index contributed by atoms with van der Waals surface area (Å²) in [5, 5.41) is 7.48. The molecule has 272 valence electrons. The summed E-state index contributed by atoms with van der Waals surface area (Å²) >= 11 is 0. The fraction of sp³-hybridized carbons (Fsp3) is 0.0370. The van der Waals surface area contributed by atoms with E-state index in [2.05, 4.69) is 151 Å². The van der Waals surface area contributed by atoms with E-state index in [9.17, 15) is 0 Å².